The van der Waals surface area contributed by atoms with Crippen molar-refractivity contribution >= 4 is 17.5 Å². The molecule has 0 unspecified atom stereocenters. The van der Waals surface area contributed by atoms with E-state index in [1.54, 1.807) is 0 Å². The van der Waals surface area contributed by atoms with Crippen LogP contribution in [0.1, 0.15) is 34.0 Å². The Labute approximate surface area is 154 Å². The van der Waals surface area contributed by atoms with Crippen molar-refractivity contribution in [1.29, 1.82) is 0 Å². The van der Waals surface area contributed by atoms with E-state index in [0.717, 1.165) is 11.7 Å². The van der Waals surface area contributed by atoms with Gasteiger partial charge in [-0.05, 0) is 13.3 Å². The van der Waals surface area contributed by atoms with Gasteiger partial charge in [0.2, 0.25) is 0 Å². The maximum absolute atomic E-state index is 12.7. The monoisotopic (exact) mass is 417 g/mol. The van der Waals surface area contributed by atoms with Crippen LogP contribution in [0.2, 0.25) is 5.02 Å². The van der Waals surface area contributed by atoms with Gasteiger partial charge in [0, 0.05) is 26.2 Å². The van der Waals surface area contributed by atoms with Gasteiger partial charge in [0.05, 0.1) is 10.7 Å². The second-order valence-corrected chi connectivity index (χ2v) is 5.99. The van der Waals surface area contributed by atoms with Crippen LogP contribution in [0.15, 0.2) is 6.07 Å². The second kappa shape index (κ2) is 7.41. The Kier molecular flexibility index (Phi) is 5.78. The van der Waals surface area contributed by atoms with Gasteiger partial charge in [-0.3, -0.25) is 14.2 Å². The molecule has 6 nitrogen and oxygen atoms in total. The van der Waals surface area contributed by atoms with Gasteiger partial charge in [-0.15, -0.1) is 0 Å². The largest absolute Gasteiger partial charge is 0.436 e. The molecule has 0 radical (unpaired) electrons. The Bertz CT molecular complexity index is 838. The highest BCUT2D eigenvalue weighted by Gasteiger charge is 2.38. The topological polar surface area (TPSA) is 64.7 Å². The van der Waals surface area contributed by atoms with E-state index >= 15 is 0 Å². The van der Waals surface area contributed by atoms with Crippen LogP contribution >= 0.6 is 11.6 Å². The number of amides is 1. The van der Waals surface area contributed by atoms with Gasteiger partial charge in [-0.25, -0.2) is 0 Å². The van der Waals surface area contributed by atoms with E-state index < -0.39 is 40.4 Å². The lowest BCUT2D eigenvalue weighted by Crippen LogP contribution is -2.26. The maximum atomic E-state index is 12.7. The molecule has 0 aliphatic carbocycles. The normalized spacial score (nSPS) is 12.5. The quantitative estimate of drug-likeness (QED) is 0.599. The minimum absolute atomic E-state index is 0.00493. The van der Waals surface area contributed by atoms with Crippen LogP contribution in [-0.2, 0) is 25.9 Å². The van der Waals surface area contributed by atoms with E-state index in [1.807, 2.05) is 0 Å². The smallest absolute Gasteiger partial charge is 0.351 e. The standard InChI is InChI=1S/C14H14ClF6N5O/c1-7-10(15)11(14(19,20)21)24-26(7)5-3-4-22-12(27)8-6-9(13(16,17)18)25(2)23-8/h6H,3-5H2,1-2H3,(H,22,27). The third-order valence-corrected chi connectivity index (χ3v) is 4.09. The molecule has 0 aromatic carbocycles. The third kappa shape index (κ3) is 4.73. The van der Waals surface area contributed by atoms with Crippen molar-refractivity contribution in [2.45, 2.75) is 32.2 Å². The van der Waals surface area contributed by atoms with Gasteiger partial charge in [-0.1, -0.05) is 11.6 Å². The van der Waals surface area contributed by atoms with Crippen LogP contribution < -0.4 is 5.32 Å². The fourth-order valence-corrected chi connectivity index (χ4v) is 2.53. The summed E-state index contributed by atoms with van der Waals surface area (Å²) in [5, 5.41) is 8.75. The van der Waals surface area contributed by atoms with E-state index in [9.17, 15) is 31.1 Å². The number of aryl methyl sites for hydroxylation is 2. The number of carbonyl (C=O) groups excluding carboxylic acids is 1. The molecule has 1 amide bonds. The number of nitrogens with one attached hydrogen (secondary N) is 1. The number of alkyl halides is 6. The molecule has 0 fully saturated rings. The molecule has 150 valence electrons. The Morgan fingerprint density at radius 3 is 2.30 bits per heavy atom. The predicted molar refractivity (Wildman–Crippen MR) is 82.1 cm³/mol. The highest BCUT2D eigenvalue weighted by atomic mass is 35.5. The van der Waals surface area contributed by atoms with E-state index in [-0.39, 0.29) is 25.2 Å². The van der Waals surface area contributed by atoms with Crippen molar-refractivity contribution in [3.63, 3.8) is 0 Å². The molecule has 1 N–H and O–H groups in total. The maximum Gasteiger partial charge on any atom is 0.436 e. The second-order valence-electron chi connectivity index (χ2n) is 5.61. The molecule has 2 aromatic rings. The predicted octanol–water partition coefficient (Wildman–Crippen LogP) is 3.44. The highest BCUT2D eigenvalue weighted by molar-refractivity contribution is 6.31. The molecular weight excluding hydrogens is 404 g/mol. The first-order chi connectivity index (χ1) is 12.3. The first-order valence-corrected chi connectivity index (χ1v) is 7.89. The number of hydrogen-bond acceptors (Lipinski definition) is 3. The van der Waals surface area contributed by atoms with Crippen LogP contribution in [0.25, 0.3) is 0 Å². The van der Waals surface area contributed by atoms with Crippen molar-refractivity contribution < 1.29 is 31.1 Å². The van der Waals surface area contributed by atoms with Gasteiger partial charge >= 0.3 is 12.4 Å². The number of nitrogens with zero attached hydrogens (tertiary/aromatic N) is 4. The molecule has 0 spiro atoms. The fourth-order valence-electron chi connectivity index (χ4n) is 2.29. The minimum Gasteiger partial charge on any atom is -0.351 e. The molecule has 27 heavy (non-hydrogen) atoms. The first-order valence-electron chi connectivity index (χ1n) is 7.52. The Morgan fingerprint density at radius 1 is 1.19 bits per heavy atom. The van der Waals surface area contributed by atoms with Crippen molar-refractivity contribution in [3.8, 4) is 0 Å². The summed E-state index contributed by atoms with van der Waals surface area (Å²) >= 11 is 5.62. The lowest BCUT2D eigenvalue weighted by molar-refractivity contribution is -0.143. The van der Waals surface area contributed by atoms with Gasteiger partial charge in [0.25, 0.3) is 5.91 Å². The number of rotatable bonds is 5. The number of halogens is 7. The summed E-state index contributed by atoms with van der Waals surface area (Å²) in [4.78, 5) is 11.9. The summed E-state index contributed by atoms with van der Waals surface area (Å²) < 4.78 is 77.9. The molecule has 0 saturated heterocycles. The first kappa shape index (κ1) is 21.1. The van der Waals surface area contributed by atoms with Gasteiger partial charge in [-0.2, -0.15) is 36.5 Å². The molecule has 0 aliphatic heterocycles. The molecule has 0 aliphatic rings. The van der Waals surface area contributed by atoms with Gasteiger partial charge < -0.3 is 5.32 Å². The van der Waals surface area contributed by atoms with Crippen LogP contribution in [0, 0.1) is 6.92 Å². The lowest BCUT2D eigenvalue weighted by atomic mass is 10.3. The number of hydrogen-bond donors (Lipinski definition) is 1. The van der Waals surface area contributed by atoms with Crippen LogP contribution in [0.3, 0.4) is 0 Å². The minimum atomic E-state index is -4.68. The Hall–Kier alpha value is -2.24. The van der Waals surface area contributed by atoms with Crippen molar-refractivity contribution in [3.05, 3.63) is 33.9 Å². The molecule has 13 heteroatoms. The van der Waals surface area contributed by atoms with Crippen molar-refractivity contribution in [2.75, 3.05) is 6.54 Å². The molecular formula is C14H14ClF6N5O. The Balaban J connectivity index is 1.93. The summed E-state index contributed by atoms with van der Waals surface area (Å²) in [5.41, 5.74) is -2.56. The SMILES string of the molecule is Cc1c(Cl)c(C(F)(F)F)nn1CCCNC(=O)c1cc(C(F)(F)F)n(C)n1. The molecule has 2 rings (SSSR count). The van der Waals surface area contributed by atoms with Crippen LogP contribution in [-0.4, -0.2) is 32.0 Å². The molecule has 2 heterocycles. The zero-order valence-corrected chi connectivity index (χ0v) is 14.8. The zero-order chi connectivity index (χ0) is 20.6. The Morgan fingerprint density at radius 2 is 1.81 bits per heavy atom. The molecule has 0 saturated carbocycles. The molecule has 2 aromatic heterocycles. The summed E-state index contributed by atoms with van der Waals surface area (Å²) in [6.07, 6.45) is -9.15. The molecule has 0 atom stereocenters. The fraction of sp³-hybridized carbons (Fsp3) is 0.500. The number of carbonyl (C=O) groups is 1. The van der Waals surface area contributed by atoms with Crippen molar-refractivity contribution in [2.24, 2.45) is 7.05 Å². The molecule has 0 bridgehead atoms. The highest BCUT2D eigenvalue weighted by Crippen LogP contribution is 2.35. The average molecular weight is 418 g/mol. The van der Waals surface area contributed by atoms with E-state index in [0.29, 0.717) is 10.7 Å². The van der Waals surface area contributed by atoms with Crippen molar-refractivity contribution in [1.82, 2.24) is 24.9 Å². The lowest BCUT2D eigenvalue weighted by Gasteiger charge is -2.06. The van der Waals surface area contributed by atoms with E-state index in [1.165, 1.54) is 6.92 Å². The van der Waals surface area contributed by atoms with Gasteiger partial charge in [0.1, 0.15) is 5.69 Å². The number of aromatic nitrogens is 4. The van der Waals surface area contributed by atoms with Gasteiger partial charge in [0.15, 0.2) is 11.4 Å². The van der Waals surface area contributed by atoms with Crippen LogP contribution in [0.4, 0.5) is 26.3 Å². The third-order valence-electron chi connectivity index (χ3n) is 3.64. The zero-order valence-electron chi connectivity index (χ0n) is 14.0. The average Bonchev–Trinajstić information content (AvgIpc) is 3.05. The summed E-state index contributed by atoms with van der Waals surface area (Å²) in [7, 11) is 1.06. The van der Waals surface area contributed by atoms with E-state index in [4.69, 9.17) is 11.6 Å². The summed E-state index contributed by atoms with van der Waals surface area (Å²) in [6.45, 7) is 1.39. The summed E-state index contributed by atoms with van der Waals surface area (Å²) in [5.74, 6) is -0.827. The summed E-state index contributed by atoms with van der Waals surface area (Å²) in [6, 6.07) is 0.613. The van der Waals surface area contributed by atoms with Crippen LogP contribution in [0.5, 0.6) is 0 Å². The van der Waals surface area contributed by atoms with E-state index in [2.05, 4.69) is 15.5 Å².